The second kappa shape index (κ2) is 9.60. The molecule has 0 saturated carbocycles. The molecule has 3 aromatic heterocycles. The summed E-state index contributed by atoms with van der Waals surface area (Å²) in [6.07, 6.45) is 0.928. The first-order valence-corrected chi connectivity index (χ1v) is 8.84. The molecule has 3 heterocycles. The molecule has 0 radical (unpaired) electrons. The van der Waals surface area contributed by atoms with Gasteiger partial charge in [-0.2, -0.15) is 13.2 Å². The van der Waals surface area contributed by atoms with E-state index in [0.29, 0.717) is 17.0 Å². The number of hydrogen-bond acceptors (Lipinski definition) is 4. The molecular weight excluding hydrogens is 399 g/mol. The van der Waals surface area contributed by atoms with E-state index in [0.717, 1.165) is 6.07 Å². The van der Waals surface area contributed by atoms with Crippen LogP contribution in [0.15, 0.2) is 41.5 Å². The number of fused-ring (bicyclic) bond motifs is 1. The first-order chi connectivity index (χ1) is 13.4. The number of rotatable bonds is 4. The first-order valence-electron chi connectivity index (χ1n) is 8.84. The molecule has 0 aliphatic heterocycles. The number of halogens is 3. The molecule has 0 saturated heterocycles. The highest BCUT2D eigenvalue weighted by Gasteiger charge is 2.35. The second-order valence-electron chi connectivity index (χ2n) is 7.00. The van der Waals surface area contributed by atoms with Crippen LogP contribution in [0.3, 0.4) is 0 Å². The number of nitrogens with two attached hydrogens (primary N) is 1. The number of nitrogens with zero attached hydrogens (tertiary/aromatic N) is 2. The molecule has 1 atom stereocenters. The van der Waals surface area contributed by atoms with Gasteiger partial charge in [-0.25, -0.2) is 4.98 Å². The van der Waals surface area contributed by atoms with E-state index in [4.69, 9.17) is 10.2 Å². The van der Waals surface area contributed by atoms with Crippen LogP contribution < -0.4 is 5.73 Å². The zero-order chi connectivity index (χ0) is 21.9. The summed E-state index contributed by atoms with van der Waals surface area (Å²) in [6.45, 7) is 7.06. The third-order valence-corrected chi connectivity index (χ3v) is 4.52. The van der Waals surface area contributed by atoms with Crippen LogP contribution in [-0.4, -0.2) is 21.1 Å². The van der Waals surface area contributed by atoms with E-state index in [1.165, 1.54) is 36.2 Å². The number of ketones is 1. The predicted octanol–water partition coefficient (Wildman–Crippen LogP) is 5.22. The fourth-order valence-corrected chi connectivity index (χ4v) is 2.39. The molecule has 1 amide bonds. The number of Topliss-reactive ketones (excluding diaryl/α,β-unsaturated/α-hetero) is 1. The number of aromatic nitrogens is 2. The van der Waals surface area contributed by atoms with Crippen molar-refractivity contribution < 1.29 is 27.2 Å². The average molecular weight is 425 g/mol. The van der Waals surface area contributed by atoms with Crippen LogP contribution in [0.1, 0.15) is 51.2 Å². The molecule has 2 N–H and O–H groups in total. The Morgan fingerprint density at radius 3 is 2.20 bits per heavy atom. The lowest BCUT2D eigenvalue weighted by Gasteiger charge is -2.10. The maximum absolute atomic E-state index is 13.2. The van der Waals surface area contributed by atoms with Crippen molar-refractivity contribution >= 4 is 17.3 Å². The van der Waals surface area contributed by atoms with Gasteiger partial charge in [0.2, 0.25) is 5.91 Å². The fraction of sp³-hybridized carbons (Fsp3) is 0.381. The molecular formula is C21H26F3N3O3. The molecule has 164 valence electrons. The number of furan rings is 1. The summed E-state index contributed by atoms with van der Waals surface area (Å²) >= 11 is 0. The van der Waals surface area contributed by atoms with Gasteiger partial charge >= 0.3 is 6.18 Å². The van der Waals surface area contributed by atoms with Crippen molar-refractivity contribution in [2.24, 2.45) is 17.6 Å². The lowest BCUT2D eigenvalue weighted by atomic mass is 9.98. The van der Waals surface area contributed by atoms with Crippen molar-refractivity contribution in [1.29, 1.82) is 0 Å². The van der Waals surface area contributed by atoms with Gasteiger partial charge in [0.1, 0.15) is 11.3 Å². The largest absolute Gasteiger partial charge is 0.472 e. The Hall–Kier alpha value is -3.10. The topological polar surface area (TPSA) is 90.6 Å². The summed E-state index contributed by atoms with van der Waals surface area (Å²) in [7, 11) is 0. The minimum atomic E-state index is -4.57. The molecule has 3 rings (SSSR count). The molecule has 0 aliphatic carbocycles. The molecule has 0 spiro atoms. The number of primary amides is 1. The van der Waals surface area contributed by atoms with Crippen molar-refractivity contribution in [3.05, 3.63) is 48.3 Å². The Morgan fingerprint density at radius 1 is 1.17 bits per heavy atom. The molecule has 0 fully saturated rings. The Morgan fingerprint density at radius 2 is 1.80 bits per heavy atom. The minimum absolute atomic E-state index is 0. The van der Waals surface area contributed by atoms with Crippen LogP contribution in [0.2, 0.25) is 0 Å². The first kappa shape index (κ1) is 24.9. The van der Waals surface area contributed by atoms with Crippen LogP contribution in [0.25, 0.3) is 16.8 Å². The maximum Gasteiger partial charge on any atom is 0.420 e. The van der Waals surface area contributed by atoms with E-state index in [1.807, 2.05) is 20.8 Å². The standard InChI is InChI=1S/C14H9F3N2O2.C6H13NO.CH4/c1-8(20)12-6-19-5-10(9-2-3-21-7-9)4-11(13(19)18-12)14(15,16)17;1-4(2)5(3)6(7)8;/h2-7H,1H3;4-5H,1-3H3,(H2,7,8);1H4. The molecule has 9 heteroatoms. The van der Waals surface area contributed by atoms with E-state index in [-0.39, 0.29) is 30.6 Å². The quantitative estimate of drug-likeness (QED) is 0.581. The molecule has 0 bridgehead atoms. The van der Waals surface area contributed by atoms with Crippen molar-refractivity contribution in [1.82, 2.24) is 9.38 Å². The number of carbonyl (C=O) groups is 2. The summed E-state index contributed by atoms with van der Waals surface area (Å²) in [4.78, 5) is 25.5. The van der Waals surface area contributed by atoms with Crippen LogP contribution in [0.5, 0.6) is 0 Å². The monoisotopic (exact) mass is 425 g/mol. The van der Waals surface area contributed by atoms with E-state index >= 15 is 0 Å². The van der Waals surface area contributed by atoms with E-state index in [1.54, 1.807) is 6.07 Å². The maximum atomic E-state index is 13.2. The van der Waals surface area contributed by atoms with Gasteiger partial charge in [-0.1, -0.05) is 28.2 Å². The van der Waals surface area contributed by atoms with Crippen molar-refractivity contribution in [3.63, 3.8) is 0 Å². The van der Waals surface area contributed by atoms with Crippen molar-refractivity contribution in [2.45, 2.75) is 41.3 Å². The lowest BCUT2D eigenvalue weighted by molar-refractivity contribution is -0.136. The molecule has 30 heavy (non-hydrogen) atoms. The molecule has 0 aromatic carbocycles. The van der Waals surface area contributed by atoms with Crippen molar-refractivity contribution in [2.75, 3.05) is 0 Å². The Kier molecular flexibility index (Phi) is 7.98. The number of imidazole rings is 1. The minimum Gasteiger partial charge on any atom is -0.472 e. The third-order valence-electron chi connectivity index (χ3n) is 4.52. The van der Waals surface area contributed by atoms with E-state index in [2.05, 4.69) is 4.98 Å². The predicted molar refractivity (Wildman–Crippen MR) is 108 cm³/mol. The summed E-state index contributed by atoms with van der Waals surface area (Å²) in [5.41, 5.74) is 4.65. The van der Waals surface area contributed by atoms with E-state index in [9.17, 15) is 22.8 Å². The van der Waals surface area contributed by atoms with Gasteiger partial charge in [0, 0.05) is 36.4 Å². The second-order valence-corrected chi connectivity index (χ2v) is 7.00. The van der Waals surface area contributed by atoms with Gasteiger partial charge < -0.3 is 14.6 Å². The number of amides is 1. The SMILES string of the molecule is C.CC(=O)c1cn2cc(-c3ccoc3)cc(C(F)(F)F)c2n1.CC(C)C(C)C(N)=O. The number of alkyl halides is 3. The zero-order valence-electron chi connectivity index (χ0n) is 16.4. The van der Waals surface area contributed by atoms with Gasteiger partial charge in [-0.3, -0.25) is 9.59 Å². The van der Waals surface area contributed by atoms with Crippen LogP contribution in [-0.2, 0) is 11.0 Å². The Bertz CT molecular complexity index is 1010. The molecule has 3 aromatic rings. The molecule has 6 nitrogen and oxygen atoms in total. The Labute approximate surface area is 172 Å². The molecule has 0 aliphatic rings. The van der Waals surface area contributed by atoms with Crippen LogP contribution in [0.4, 0.5) is 13.2 Å². The van der Waals surface area contributed by atoms with Crippen LogP contribution in [0, 0.1) is 11.8 Å². The van der Waals surface area contributed by atoms with Gasteiger partial charge in [0.25, 0.3) is 0 Å². The fourth-order valence-electron chi connectivity index (χ4n) is 2.39. The molecule has 1 unspecified atom stereocenters. The van der Waals surface area contributed by atoms with Crippen LogP contribution >= 0.6 is 0 Å². The Balaban J connectivity index is 0.000000431. The highest BCUT2D eigenvalue weighted by Crippen LogP contribution is 2.35. The number of carbonyl (C=O) groups excluding carboxylic acids is 2. The smallest absolute Gasteiger partial charge is 0.420 e. The summed E-state index contributed by atoms with van der Waals surface area (Å²) in [5.74, 6) is -0.223. The van der Waals surface area contributed by atoms with Gasteiger partial charge in [-0.15, -0.1) is 0 Å². The lowest BCUT2D eigenvalue weighted by Crippen LogP contribution is -2.24. The number of hydrogen-bond donors (Lipinski definition) is 1. The summed E-state index contributed by atoms with van der Waals surface area (Å²) in [5, 5.41) is 0. The average Bonchev–Trinajstić information content (AvgIpc) is 3.28. The van der Waals surface area contributed by atoms with Gasteiger partial charge in [0.05, 0.1) is 18.1 Å². The van der Waals surface area contributed by atoms with Crippen molar-refractivity contribution in [3.8, 4) is 11.1 Å². The zero-order valence-corrected chi connectivity index (χ0v) is 16.4. The summed E-state index contributed by atoms with van der Waals surface area (Å²) in [6, 6.07) is 2.56. The normalized spacial score (nSPS) is 12.1. The third kappa shape index (κ3) is 5.71. The van der Waals surface area contributed by atoms with Gasteiger partial charge in [0.15, 0.2) is 5.78 Å². The van der Waals surface area contributed by atoms with E-state index < -0.39 is 17.5 Å². The highest BCUT2D eigenvalue weighted by atomic mass is 19.4. The van der Waals surface area contributed by atoms with Gasteiger partial charge in [-0.05, 0) is 18.1 Å². The number of pyridine rings is 1. The summed E-state index contributed by atoms with van der Waals surface area (Å²) < 4.78 is 45.7. The highest BCUT2D eigenvalue weighted by molar-refractivity contribution is 5.93.